The van der Waals surface area contributed by atoms with Crippen LogP contribution in [0.25, 0.3) is 0 Å². The monoisotopic (exact) mass is 211 g/mol. The number of nitrogens with one attached hydrogen (secondary N) is 1. The number of aryl methyl sites for hydroxylation is 1. The van der Waals surface area contributed by atoms with Crippen molar-refractivity contribution in [2.45, 2.75) is 45.6 Å². The first-order valence-electron chi connectivity index (χ1n) is 5.53. The molecular formula is C12H21NS. The molecule has 0 spiro atoms. The maximum absolute atomic E-state index is 3.44. The SMILES string of the molecule is CC(C)NCCCCCc1ccsc1. The number of thiophene rings is 1. The molecule has 1 rings (SSSR count). The van der Waals surface area contributed by atoms with Crippen LogP contribution in [0.1, 0.15) is 38.7 Å². The highest BCUT2D eigenvalue weighted by atomic mass is 32.1. The van der Waals surface area contributed by atoms with Crippen LogP contribution >= 0.6 is 11.3 Å². The van der Waals surface area contributed by atoms with Crippen molar-refractivity contribution in [1.82, 2.24) is 5.32 Å². The first kappa shape index (κ1) is 11.7. The topological polar surface area (TPSA) is 12.0 Å². The summed E-state index contributed by atoms with van der Waals surface area (Å²) in [6, 6.07) is 2.86. The molecule has 1 nitrogen and oxygen atoms in total. The van der Waals surface area contributed by atoms with Crippen LogP contribution in [-0.4, -0.2) is 12.6 Å². The van der Waals surface area contributed by atoms with E-state index in [-0.39, 0.29) is 0 Å². The van der Waals surface area contributed by atoms with E-state index in [4.69, 9.17) is 0 Å². The second kappa shape index (κ2) is 7.02. The van der Waals surface area contributed by atoms with E-state index in [9.17, 15) is 0 Å². The fourth-order valence-corrected chi connectivity index (χ4v) is 2.16. The van der Waals surface area contributed by atoms with E-state index in [1.165, 1.54) is 37.8 Å². The summed E-state index contributed by atoms with van der Waals surface area (Å²) in [5.41, 5.74) is 1.51. The fourth-order valence-electron chi connectivity index (χ4n) is 1.46. The molecule has 1 aromatic heterocycles. The van der Waals surface area contributed by atoms with Crippen LogP contribution in [0, 0.1) is 0 Å². The second-order valence-corrected chi connectivity index (χ2v) is 4.83. The molecule has 80 valence electrons. The van der Waals surface area contributed by atoms with Crippen LogP contribution < -0.4 is 5.32 Å². The van der Waals surface area contributed by atoms with Crippen LogP contribution in [0.2, 0.25) is 0 Å². The number of rotatable bonds is 7. The van der Waals surface area contributed by atoms with E-state index in [1.54, 1.807) is 11.3 Å². The predicted octanol–water partition coefficient (Wildman–Crippen LogP) is 3.46. The molecule has 0 amide bonds. The highest BCUT2D eigenvalue weighted by molar-refractivity contribution is 7.07. The Bertz CT molecular complexity index is 216. The number of unbranched alkanes of at least 4 members (excludes halogenated alkanes) is 2. The third-order valence-electron chi connectivity index (χ3n) is 2.27. The van der Waals surface area contributed by atoms with E-state index < -0.39 is 0 Å². The zero-order valence-electron chi connectivity index (χ0n) is 9.25. The van der Waals surface area contributed by atoms with Gasteiger partial charge in [-0.15, -0.1) is 0 Å². The van der Waals surface area contributed by atoms with E-state index in [1.807, 2.05) is 0 Å². The summed E-state index contributed by atoms with van der Waals surface area (Å²) in [5, 5.41) is 7.86. The molecule has 1 heterocycles. The summed E-state index contributed by atoms with van der Waals surface area (Å²) in [4.78, 5) is 0. The lowest BCUT2D eigenvalue weighted by atomic mass is 10.1. The van der Waals surface area contributed by atoms with Crippen molar-refractivity contribution < 1.29 is 0 Å². The molecule has 0 aliphatic heterocycles. The molecular weight excluding hydrogens is 190 g/mol. The van der Waals surface area contributed by atoms with Gasteiger partial charge >= 0.3 is 0 Å². The van der Waals surface area contributed by atoms with E-state index in [0.29, 0.717) is 6.04 Å². The predicted molar refractivity (Wildman–Crippen MR) is 65.0 cm³/mol. The zero-order chi connectivity index (χ0) is 10.2. The minimum Gasteiger partial charge on any atom is -0.315 e. The molecule has 0 fully saturated rings. The van der Waals surface area contributed by atoms with Gasteiger partial charge in [0.25, 0.3) is 0 Å². The van der Waals surface area contributed by atoms with Gasteiger partial charge in [0.1, 0.15) is 0 Å². The highest BCUT2D eigenvalue weighted by Gasteiger charge is 1.94. The number of hydrogen-bond acceptors (Lipinski definition) is 2. The smallest absolute Gasteiger partial charge is 0.00103 e. The zero-order valence-corrected chi connectivity index (χ0v) is 10.1. The van der Waals surface area contributed by atoms with Gasteiger partial charge in [-0.1, -0.05) is 20.3 Å². The quantitative estimate of drug-likeness (QED) is 0.681. The van der Waals surface area contributed by atoms with Crippen molar-refractivity contribution in [1.29, 1.82) is 0 Å². The summed E-state index contributed by atoms with van der Waals surface area (Å²) < 4.78 is 0. The van der Waals surface area contributed by atoms with Crippen LogP contribution in [0.5, 0.6) is 0 Å². The Hall–Kier alpha value is -0.340. The Kier molecular flexibility index (Phi) is 5.88. The van der Waals surface area contributed by atoms with Crippen molar-refractivity contribution in [3.63, 3.8) is 0 Å². The average molecular weight is 211 g/mol. The van der Waals surface area contributed by atoms with Crippen molar-refractivity contribution in [2.24, 2.45) is 0 Å². The molecule has 1 aromatic rings. The van der Waals surface area contributed by atoms with Gasteiger partial charge in [0.2, 0.25) is 0 Å². The second-order valence-electron chi connectivity index (χ2n) is 4.05. The van der Waals surface area contributed by atoms with E-state index >= 15 is 0 Å². The van der Waals surface area contributed by atoms with Gasteiger partial charge in [-0.25, -0.2) is 0 Å². The van der Waals surface area contributed by atoms with Gasteiger partial charge in [-0.05, 0) is 48.2 Å². The molecule has 0 saturated carbocycles. The molecule has 0 aromatic carbocycles. The summed E-state index contributed by atoms with van der Waals surface area (Å²) in [7, 11) is 0. The van der Waals surface area contributed by atoms with Gasteiger partial charge in [-0.3, -0.25) is 0 Å². The highest BCUT2D eigenvalue weighted by Crippen LogP contribution is 2.10. The van der Waals surface area contributed by atoms with Crippen LogP contribution in [-0.2, 0) is 6.42 Å². The Morgan fingerprint density at radius 3 is 2.79 bits per heavy atom. The first-order valence-corrected chi connectivity index (χ1v) is 6.48. The minimum atomic E-state index is 0.631. The molecule has 0 unspecified atom stereocenters. The van der Waals surface area contributed by atoms with Crippen LogP contribution in [0.3, 0.4) is 0 Å². The fraction of sp³-hybridized carbons (Fsp3) is 0.667. The molecule has 0 radical (unpaired) electrons. The summed E-state index contributed by atoms with van der Waals surface area (Å²) in [5.74, 6) is 0. The molecule has 1 N–H and O–H groups in total. The largest absolute Gasteiger partial charge is 0.315 e. The standard InChI is InChI=1S/C12H21NS/c1-11(2)13-8-5-3-4-6-12-7-9-14-10-12/h7,9-11,13H,3-6,8H2,1-2H3. The maximum Gasteiger partial charge on any atom is 0.00103 e. The average Bonchev–Trinajstić information content (AvgIpc) is 2.63. The van der Waals surface area contributed by atoms with Crippen molar-refractivity contribution in [3.05, 3.63) is 22.4 Å². The molecule has 14 heavy (non-hydrogen) atoms. The third-order valence-corrected chi connectivity index (χ3v) is 3.01. The van der Waals surface area contributed by atoms with Gasteiger partial charge in [-0.2, -0.15) is 11.3 Å². The molecule has 0 aliphatic carbocycles. The first-order chi connectivity index (χ1) is 6.79. The van der Waals surface area contributed by atoms with Crippen molar-refractivity contribution in [2.75, 3.05) is 6.54 Å². The van der Waals surface area contributed by atoms with Crippen molar-refractivity contribution in [3.8, 4) is 0 Å². The Morgan fingerprint density at radius 2 is 2.14 bits per heavy atom. The Balaban J connectivity index is 1.90. The van der Waals surface area contributed by atoms with Gasteiger partial charge in [0.05, 0.1) is 0 Å². The maximum atomic E-state index is 3.44. The lowest BCUT2D eigenvalue weighted by Crippen LogP contribution is -2.23. The molecule has 0 bridgehead atoms. The third kappa shape index (κ3) is 5.40. The molecule has 2 heteroatoms. The van der Waals surface area contributed by atoms with Crippen LogP contribution in [0.15, 0.2) is 16.8 Å². The lowest BCUT2D eigenvalue weighted by molar-refractivity contribution is 0.548. The number of hydrogen-bond donors (Lipinski definition) is 1. The molecule has 0 aliphatic rings. The van der Waals surface area contributed by atoms with Crippen LogP contribution in [0.4, 0.5) is 0 Å². The lowest BCUT2D eigenvalue weighted by Gasteiger charge is -2.06. The summed E-state index contributed by atoms with van der Waals surface area (Å²) in [6.07, 6.45) is 5.24. The van der Waals surface area contributed by atoms with E-state index in [0.717, 1.165) is 0 Å². The van der Waals surface area contributed by atoms with E-state index in [2.05, 4.69) is 36.0 Å². The summed E-state index contributed by atoms with van der Waals surface area (Å²) in [6.45, 7) is 5.57. The Labute approximate surface area is 91.5 Å². The minimum absolute atomic E-state index is 0.631. The normalized spacial score (nSPS) is 11.1. The molecule has 0 saturated heterocycles. The van der Waals surface area contributed by atoms with Gasteiger partial charge < -0.3 is 5.32 Å². The Morgan fingerprint density at radius 1 is 1.29 bits per heavy atom. The summed E-state index contributed by atoms with van der Waals surface area (Å²) >= 11 is 1.80. The molecule has 0 atom stereocenters. The van der Waals surface area contributed by atoms with Crippen molar-refractivity contribution >= 4 is 11.3 Å². The van der Waals surface area contributed by atoms with Gasteiger partial charge in [0.15, 0.2) is 0 Å². The van der Waals surface area contributed by atoms with Gasteiger partial charge in [0, 0.05) is 6.04 Å².